The van der Waals surface area contributed by atoms with Crippen molar-refractivity contribution in [2.45, 2.75) is 37.5 Å². The Bertz CT molecular complexity index is 563. The number of pyridine rings is 1. The van der Waals surface area contributed by atoms with Gasteiger partial charge in [0.1, 0.15) is 5.03 Å². The van der Waals surface area contributed by atoms with Gasteiger partial charge in [-0.1, -0.05) is 6.07 Å². The second kappa shape index (κ2) is 6.12. The van der Waals surface area contributed by atoms with E-state index in [9.17, 15) is 0 Å². The third-order valence-electron chi connectivity index (χ3n) is 2.62. The highest BCUT2D eigenvalue weighted by molar-refractivity contribution is 7.99. The average molecular weight is 274 g/mol. The van der Waals surface area contributed by atoms with E-state index in [1.54, 1.807) is 0 Å². The van der Waals surface area contributed by atoms with E-state index in [-0.39, 0.29) is 0 Å². The molecule has 2 aromatic rings. The van der Waals surface area contributed by atoms with E-state index in [4.69, 9.17) is 0 Å². The molecule has 0 spiro atoms. The van der Waals surface area contributed by atoms with Crippen LogP contribution >= 0.6 is 11.8 Å². The van der Waals surface area contributed by atoms with Gasteiger partial charge in [-0.25, -0.2) is 15.0 Å². The molecule has 2 rings (SSSR count). The van der Waals surface area contributed by atoms with Crippen molar-refractivity contribution in [1.82, 2.24) is 20.3 Å². The largest absolute Gasteiger partial charge is 0.316 e. The molecule has 2 heterocycles. The van der Waals surface area contributed by atoms with Gasteiger partial charge in [0, 0.05) is 24.1 Å². The first kappa shape index (κ1) is 14.0. The van der Waals surface area contributed by atoms with E-state index in [1.807, 2.05) is 33.2 Å². The molecule has 0 radical (unpaired) electrons. The molecule has 0 bridgehead atoms. The lowest BCUT2D eigenvalue weighted by atomic mass is 10.2. The minimum absolute atomic E-state index is 0.759. The normalized spacial score (nSPS) is 10.7. The monoisotopic (exact) mass is 274 g/mol. The van der Waals surface area contributed by atoms with Crippen LogP contribution in [0.1, 0.15) is 22.5 Å². The van der Waals surface area contributed by atoms with Crippen molar-refractivity contribution < 1.29 is 0 Å². The Labute approximate surface area is 118 Å². The molecule has 0 atom stereocenters. The summed E-state index contributed by atoms with van der Waals surface area (Å²) in [6.07, 6.45) is 1.90. The fraction of sp³-hybridized carbons (Fsp3) is 0.357. The third-order valence-corrected chi connectivity index (χ3v) is 3.60. The van der Waals surface area contributed by atoms with Crippen LogP contribution in [-0.4, -0.2) is 22.0 Å². The molecule has 0 fully saturated rings. The molecule has 0 aliphatic heterocycles. The fourth-order valence-corrected chi connectivity index (χ4v) is 2.73. The maximum Gasteiger partial charge on any atom is 0.194 e. The summed E-state index contributed by atoms with van der Waals surface area (Å²) in [5.74, 6) is 0. The second-order valence-corrected chi connectivity index (χ2v) is 5.49. The summed E-state index contributed by atoms with van der Waals surface area (Å²) in [6.45, 7) is 6.86. The summed E-state index contributed by atoms with van der Waals surface area (Å²) < 4.78 is 0. The molecule has 0 saturated heterocycles. The summed E-state index contributed by atoms with van der Waals surface area (Å²) >= 11 is 1.52. The van der Waals surface area contributed by atoms with E-state index < -0.39 is 0 Å². The molecule has 0 saturated carbocycles. The number of aromatic nitrogens is 3. The van der Waals surface area contributed by atoms with E-state index >= 15 is 0 Å². The third kappa shape index (κ3) is 3.75. The van der Waals surface area contributed by atoms with Crippen LogP contribution in [-0.2, 0) is 6.54 Å². The van der Waals surface area contributed by atoms with Crippen molar-refractivity contribution >= 4 is 11.8 Å². The molecule has 2 aromatic heterocycles. The van der Waals surface area contributed by atoms with Crippen LogP contribution in [0.5, 0.6) is 0 Å². The van der Waals surface area contributed by atoms with Gasteiger partial charge in [0.25, 0.3) is 0 Å². The number of nitrogens with one attached hydrogen (secondary N) is 1. The fourth-order valence-electron chi connectivity index (χ4n) is 1.85. The topological polar surface area (TPSA) is 50.7 Å². The van der Waals surface area contributed by atoms with Gasteiger partial charge in [-0.3, -0.25) is 0 Å². The number of nitrogens with zero attached hydrogens (tertiary/aromatic N) is 3. The molecule has 0 amide bonds. The maximum atomic E-state index is 4.49. The van der Waals surface area contributed by atoms with Gasteiger partial charge in [0.05, 0.1) is 0 Å². The molecule has 4 nitrogen and oxygen atoms in total. The number of hydrogen-bond acceptors (Lipinski definition) is 5. The van der Waals surface area contributed by atoms with Gasteiger partial charge < -0.3 is 5.32 Å². The number of hydrogen-bond donors (Lipinski definition) is 1. The van der Waals surface area contributed by atoms with E-state index in [2.05, 4.69) is 33.3 Å². The Balaban J connectivity index is 2.23. The molecular formula is C14H18N4S. The highest BCUT2D eigenvalue weighted by atomic mass is 32.2. The molecular weight excluding hydrogens is 256 g/mol. The lowest BCUT2D eigenvalue weighted by Crippen LogP contribution is -2.06. The van der Waals surface area contributed by atoms with E-state index in [0.717, 1.165) is 33.7 Å². The van der Waals surface area contributed by atoms with Crippen LogP contribution < -0.4 is 5.32 Å². The zero-order chi connectivity index (χ0) is 13.8. The summed E-state index contributed by atoms with van der Waals surface area (Å²) in [4.78, 5) is 13.4. The first-order valence-electron chi connectivity index (χ1n) is 6.18. The summed E-state index contributed by atoms with van der Waals surface area (Å²) in [6, 6.07) is 4.12. The van der Waals surface area contributed by atoms with Crippen molar-refractivity contribution in [2.24, 2.45) is 0 Å². The van der Waals surface area contributed by atoms with Crippen molar-refractivity contribution in [1.29, 1.82) is 0 Å². The van der Waals surface area contributed by atoms with Crippen LogP contribution in [0.2, 0.25) is 0 Å². The highest BCUT2D eigenvalue weighted by Crippen LogP contribution is 2.26. The Morgan fingerprint density at radius 3 is 2.37 bits per heavy atom. The van der Waals surface area contributed by atoms with Crippen LogP contribution in [0.15, 0.2) is 28.5 Å². The zero-order valence-electron chi connectivity index (χ0n) is 11.7. The van der Waals surface area contributed by atoms with Crippen molar-refractivity contribution in [3.05, 3.63) is 40.8 Å². The summed E-state index contributed by atoms with van der Waals surface area (Å²) in [5, 5.41) is 4.85. The average Bonchev–Trinajstić information content (AvgIpc) is 2.32. The van der Waals surface area contributed by atoms with Gasteiger partial charge in [0.2, 0.25) is 0 Å². The predicted molar refractivity (Wildman–Crippen MR) is 77.4 cm³/mol. The standard InChI is InChI=1S/C14H18N4S/c1-9-5-12(7-15-4)8-16-13(9)19-14-17-10(2)6-11(3)18-14/h5-6,8,15H,7H2,1-4H3. The zero-order valence-corrected chi connectivity index (χ0v) is 12.5. The molecule has 0 aromatic carbocycles. The van der Waals surface area contributed by atoms with Crippen molar-refractivity contribution in [3.63, 3.8) is 0 Å². The first-order valence-corrected chi connectivity index (χ1v) is 7.00. The second-order valence-electron chi connectivity index (χ2n) is 4.53. The highest BCUT2D eigenvalue weighted by Gasteiger charge is 2.07. The van der Waals surface area contributed by atoms with Gasteiger partial charge in [-0.05, 0) is 56.8 Å². The Morgan fingerprint density at radius 1 is 1.11 bits per heavy atom. The van der Waals surface area contributed by atoms with Gasteiger partial charge in [-0.15, -0.1) is 0 Å². The lowest BCUT2D eigenvalue weighted by Gasteiger charge is -2.07. The van der Waals surface area contributed by atoms with Crippen LogP contribution in [0.3, 0.4) is 0 Å². The minimum atomic E-state index is 0.759. The lowest BCUT2D eigenvalue weighted by molar-refractivity contribution is 0.806. The molecule has 5 heteroatoms. The van der Waals surface area contributed by atoms with Gasteiger partial charge in [0.15, 0.2) is 5.16 Å². The van der Waals surface area contributed by atoms with Crippen LogP contribution in [0, 0.1) is 20.8 Å². The SMILES string of the molecule is CNCc1cnc(Sc2nc(C)cc(C)n2)c(C)c1. The maximum absolute atomic E-state index is 4.49. The predicted octanol–water partition coefficient (Wildman–Crippen LogP) is 2.67. The molecule has 0 aliphatic carbocycles. The molecule has 1 N–H and O–H groups in total. The minimum Gasteiger partial charge on any atom is -0.316 e. The number of rotatable bonds is 4. The van der Waals surface area contributed by atoms with Crippen molar-refractivity contribution in [3.8, 4) is 0 Å². The Hall–Kier alpha value is -1.46. The smallest absolute Gasteiger partial charge is 0.194 e. The van der Waals surface area contributed by atoms with Gasteiger partial charge >= 0.3 is 0 Å². The number of aryl methyl sites for hydroxylation is 3. The van der Waals surface area contributed by atoms with E-state index in [0.29, 0.717) is 0 Å². The Morgan fingerprint density at radius 2 is 1.79 bits per heavy atom. The molecule has 100 valence electrons. The van der Waals surface area contributed by atoms with E-state index in [1.165, 1.54) is 17.3 Å². The molecule has 0 aliphatic rings. The first-order chi connectivity index (χ1) is 9.08. The van der Waals surface area contributed by atoms with Crippen LogP contribution in [0.25, 0.3) is 0 Å². The van der Waals surface area contributed by atoms with Gasteiger partial charge in [-0.2, -0.15) is 0 Å². The molecule has 19 heavy (non-hydrogen) atoms. The quantitative estimate of drug-likeness (QED) is 0.869. The summed E-state index contributed by atoms with van der Waals surface area (Å²) in [7, 11) is 1.93. The molecule has 0 unspecified atom stereocenters. The summed E-state index contributed by atoms with van der Waals surface area (Å²) in [5.41, 5.74) is 4.31. The Kier molecular flexibility index (Phi) is 4.50. The van der Waals surface area contributed by atoms with Crippen molar-refractivity contribution in [2.75, 3.05) is 7.05 Å². The van der Waals surface area contributed by atoms with Crippen LogP contribution in [0.4, 0.5) is 0 Å².